The van der Waals surface area contributed by atoms with Gasteiger partial charge in [-0.15, -0.1) is 17.6 Å². The molecule has 1 N–H and O–H groups in total. The smallest absolute Gasteiger partial charge is 0.404 e. The van der Waals surface area contributed by atoms with E-state index in [-0.39, 0.29) is 28.1 Å². The molecule has 0 radical (unpaired) electrons. The summed E-state index contributed by atoms with van der Waals surface area (Å²) in [7, 11) is -1.22. The third-order valence-corrected chi connectivity index (χ3v) is 6.16. The van der Waals surface area contributed by atoms with E-state index < -0.39 is 28.0 Å². The fraction of sp³-hybridized carbons (Fsp3) is 0.174. The number of ether oxygens (including phenoxy) is 1. The van der Waals surface area contributed by atoms with Gasteiger partial charge in [0.05, 0.1) is 17.5 Å². The molecule has 36 heavy (non-hydrogen) atoms. The van der Waals surface area contributed by atoms with Crippen LogP contribution in [-0.2, 0) is 21.2 Å². The minimum absolute atomic E-state index is 0.00938. The zero-order valence-electron chi connectivity index (χ0n) is 19.0. The van der Waals surface area contributed by atoms with E-state index in [0.717, 1.165) is 18.6 Å². The maximum Gasteiger partial charge on any atom is 0.573 e. The molecule has 0 spiro atoms. The fourth-order valence-electron chi connectivity index (χ4n) is 3.04. The summed E-state index contributed by atoms with van der Waals surface area (Å²) in [6.07, 6.45) is -1.94. The van der Waals surface area contributed by atoms with Gasteiger partial charge in [0.1, 0.15) is 12.1 Å². The number of carbonyl (C=O) groups excluding carboxylic acids is 1. The Morgan fingerprint density at radius 3 is 2.56 bits per heavy atom. The largest absolute Gasteiger partial charge is 0.573 e. The molecule has 2 aromatic carbocycles. The van der Waals surface area contributed by atoms with E-state index in [2.05, 4.69) is 19.4 Å². The van der Waals surface area contributed by atoms with Crippen molar-refractivity contribution in [3.05, 3.63) is 71.5 Å². The fourth-order valence-corrected chi connectivity index (χ4v) is 4.41. The predicted octanol–water partition coefficient (Wildman–Crippen LogP) is 4.76. The summed E-state index contributed by atoms with van der Waals surface area (Å²) in [5.41, 5.74) is 0.744. The average molecular weight is 541 g/mol. The van der Waals surface area contributed by atoms with E-state index in [4.69, 9.17) is 11.6 Å². The number of sulfonamides is 1. The Morgan fingerprint density at radius 2 is 1.89 bits per heavy atom. The van der Waals surface area contributed by atoms with Crippen molar-refractivity contribution in [3.63, 3.8) is 0 Å². The maximum atomic E-state index is 13.0. The van der Waals surface area contributed by atoms with Gasteiger partial charge in [0.2, 0.25) is 5.91 Å². The Bertz CT molecular complexity index is 1400. The van der Waals surface area contributed by atoms with Gasteiger partial charge in [-0.3, -0.25) is 9.78 Å². The Labute approximate surface area is 210 Å². The molecule has 0 saturated heterocycles. The van der Waals surface area contributed by atoms with Crippen LogP contribution in [0.2, 0.25) is 5.02 Å². The predicted molar refractivity (Wildman–Crippen MR) is 130 cm³/mol. The van der Waals surface area contributed by atoms with Crippen LogP contribution >= 0.6 is 11.6 Å². The van der Waals surface area contributed by atoms with Gasteiger partial charge in [0, 0.05) is 42.1 Å². The lowest BCUT2D eigenvalue weighted by Crippen LogP contribution is -2.17. The first-order valence-corrected chi connectivity index (χ1v) is 12.0. The summed E-state index contributed by atoms with van der Waals surface area (Å²) in [6, 6.07) is 11.7. The molecule has 3 rings (SSSR count). The number of rotatable bonds is 8. The van der Waals surface area contributed by atoms with E-state index in [1.54, 1.807) is 38.4 Å². The second-order valence-electron chi connectivity index (χ2n) is 7.64. The Kier molecular flexibility index (Phi) is 8.21. The van der Waals surface area contributed by atoms with Gasteiger partial charge in [-0.2, -0.15) is 8.42 Å². The van der Waals surface area contributed by atoms with E-state index in [1.807, 2.05) is 0 Å². The molecule has 8 nitrogen and oxygen atoms in total. The first kappa shape index (κ1) is 27.0. The number of hydrogen-bond acceptors (Lipinski definition) is 5. The van der Waals surface area contributed by atoms with Crippen LogP contribution in [0.4, 0.5) is 18.9 Å². The Hall–Kier alpha value is -3.64. The van der Waals surface area contributed by atoms with Crippen molar-refractivity contribution >= 4 is 39.6 Å². The number of carbonyl (C=O) groups is 1. The van der Waals surface area contributed by atoms with Gasteiger partial charge in [-0.25, -0.2) is 0 Å². The summed E-state index contributed by atoms with van der Waals surface area (Å²) in [5, 5.41) is 3.00. The molecular formula is C23H20ClF3N4O4S. The number of halogens is 4. The lowest BCUT2D eigenvalue weighted by atomic mass is 10.1. The number of nitrogens with one attached hydrogen (secondary N) is 1. The second kappa shape index (κ2) is 11.0. The van der Waals surface area contributed by atoms with Crippen molar-refractivity contribution in [2.45, 2.75) is 17.7 Å². The van der Waals surface area contributed by atoms with Gasteiger partial charge in [-0.05, 0) is 29.8 Å². The minimum atomic E-state index is -4.96. The van der Waals surface area contributed by atoms with Gasteiger partial charge < -0.3 is 15.0 Å². The first-order valence-electron chi connectivity index (χ1n) is 10.2. The lowest BCUT2D eigenvalue weighted by molar-refractivity contribution is -0.274. The molecule has 0 aliphatic heterocycles. The Balaban J connectivity index is 2.01. The number of alkyl halides is 3. The molecule has 1 aromatic heterocycles. The number of hydrogen-bond donors (Lipinski definition) is 1. The number of pyridine rings is 1. The highest BCUT2D eigenvalue weighted by Gasteiger charge is 2.31. The third kappa shape index (κ3) is 7.43. The minimum Gasteiger partial charge on any atom is -0.404 e. The summed E-state index contributed by atoms with van der Waals surface area (Å²) >= 11 is 6.09. The second-order valence-corrected chi connectivity index (χ2v) is 9.65. The average Bonchev–Trinajstić information content (AvgIpc) is 2.78. The quantitative estimate of drug-likeness (QED) is 0.326. The number of benzene rings is 2. The highest BCUT2D eigenvalue weighted by atomic mass is 35.5. The standard InChI is InChI=1S/C23H20ClF3N4O4S/c1-31(2)14-29-36(33,34)21-11-17(30-22(32)10-15-5-3-4-6-20(15)24)7-8-19(21)16-9-18(13-28-12-16)35-23(25,26)27/h3-9,11-14H,10H2,1-2H3,(H,30,32)/b29-14+. The number of nitrogens with zero attached hydrogens (tertiary/aromatic N) is 3. The van der Waals surface area contributed by atoms with E-state index in [9.17, 15) is 26.4 Å². The van der Waals surface area contributed by atoms with Crippen molar-refractivity contribution in [3.8, 4) is 16.9 Å². The molecule has 0 aliphatic carbocycles. The zero-order valence-corrected chi connectivity index (χ0v) is 20.5. The van der Waals surface area contributed by atoms with Crippen molar-refractivity contribution in [1.29, 1.82) is 0 Å². The molecule has 0 bridgehead atoms. The van der Waals surface area contributed by atoms with E-state index >= 15 is 0 Å². The summed E-state index contributed by atoms with van der Waals surface area (Å²) in [5.74, 6) is -1.09. The number of aromatic nitrogens is 1. The van der Waals surface area contributed by atoms with Crippen LogP contribution in [0, 0.1) is 0 Å². The number of anilines is 1. The molecule has 0 unspecified atom stereocenters. The van der Waals surface area contributed by atoms with Gasteiger partial charge in [-0.1, -0.05) is 35.9 Å². The summed E-state index contributed by atoms with van der Waals surface area (Å²) in [4.78, 5) is 17.3. The zero-order chi connectivity index (χ0) is 26.5. The third-order valence-electron chi connectivity index (χ3n) is 4.53. The molecule has 190 valence electrons. The van der Waals surface area contributed by atoms with Crippen LogP contribution in [0.3, 0.4) is 0 Å². The van der Waals surface area contributed by atoms with Crippen LogP contribution < -0.4 is 10.1 Å². The highest BCUT2D eigenvalue weighted by molar-refractivity contribution is 7.90. The van der Waals surface area contributed by atoms with Gasteiger partial charge in [0.25, 0.3) is 10.0 Å². The molecule has 0 saturated carbocycles. The van der Waals surface area contributed by atoms with Crippen LogP contribution in [0.1, 0.15) is 5.56 Å². The molecule has 3 aromatic rings. The van der Waals surface area contributed by atoms with Crippen molar-refractivity contribution in [2.24, 2.45) is 4.40 Å². The van der Waals surface area contributed by atoms with Gasteiger partial charge >= 0.3 is 6.36 Å². The Morgan fingerprint density at radius 1 is 1.17 bits per heavy atom. The lowest BCUT2D eigenvalue weighted by Gasteiger charge is -2.14. The molecular weight excluding hydrogens is 521 g/mol. The monoisotopic (exact) mass is 540 g/mol. The van der Waals surface area contributed by atoms with Crippen molar-refractivity contribution in [2.75, 3.05) is 19.4 Å². The van der Waals surface area contributed by atoms with E-state index in [1.165, 1.54) is 29.3 Å². The molecule has 0 fully saturated rings. The van der Waals surface area contributed by atoms with Crippen molar-refractivity contribution in [1.82, 2.24) is 9.88 Å². The maximum absolute atomic E-state index is 13.0. The molecule has 0 atom stereocenters. The molecule has 1 heterocycles. The van der Waals surface area contributed by atoms with E-state index in [0.29, 0.717) is 10.6 Å². The van der Waals surface area contributed by atoms with Gasteiger partial charge in [0.15, 0.2) is 0 Å². The van der Waals surface area contributed by atoms with Crippen LogP contribution in [0.5, 0.6) is 5.75 Å². The SMILES string of the molecule is CN(C)/C=N/S(=O)(=O)c1cc(NC(=O)Cc2ccccc2Cl)ccc1-c1cncc(OC(F)(F)F)c1. The normalized spacial score (nSPS) is 11.9. The van der Waals surface area contributed by atoms with Crippen LogP contribution in [0.25, 0.3) is 11.1 Å². The molecule has 0 aliphatic rings. The summed E-state index contributed by atoms with van der Waals surface area (Å²) < 4.78 is 71.5. The molecule has 13 heteroatoms. The topological polar surface area (TPSA) is 101 Å². The van der Waals surface area contributed by atoms with Crippen molar-refractivity contribution < 1.29 is 31.1 Å². The molecule has 1 amide bonds. The number of amides is 1. The van der Waals surface area contributed by atoms with Crippen LogP contribution in [-0.4, -0.2) is 51.0 Å². The highest BCUT2D eigenvalue weighted by Crippen LogP contribution is 2.33. The van der Waals surface area contributed by atoms with Crippen LogP contribution in [0.15, 0.2) is 70.2 Å². The summed E-state index contributed by atoms with van der Waals surface area (Å²) in [6.45, 7) is 0. The first-order chi connectivity index (χ1) is 16.8.